The molecule has 35 heavy (non-hydrogen) atoms. The van der Waals surface area contributed by atoms with Gasteiger partial charge in [0.25, 0.3) is 0 Å². The van der Waals surface area contributed by atoms with Crippen molar-refractivity contribution in [3.8, 4) is 0 Å². The molecule has 178 valence electrons. The number of para-hydroxylation sites is 2. The van der Waals surface area contributed by atoms with E-state index in [1.165, 1.54) is 22.9 Å². The van der Waals surface area contributed by atoms with E-state index < -0.39 is 17.6 Å². The first-order valence-electron chi connectivity index (χ1n) is 10.0. The number of alkyl halides is 3. The summed E-state index contributed by atoms with van der Waals surface area (Å²) in [5, 5.41) is 2.52. The number of nitrogens with zero attached hydrogens (tertiary/aromatic N) is 4. The number of nitrogens with one attached hydrogen (secondary N) is 1. The molecule has 0 fully saturated rings. The number of halogens is 4. The molecule has 0 spiro atoms. The SMILES string of the molecule is O=C(Cn1c(=O)sc2nc3ccccc3nc21)Nc1ncc(Cc2ccc(Cl)c(C(F)(F)F)c2)s1. The first kappa shape index (κ1) is 23.4. The Balaban J connectivity index is 1.31. The third-order valence-electron chi connectivity index (χ3n) is 5.00. The second-order valence-electron chi connectivity index (χ2n) is 7.46. The number of hydrogen-bond acceptors (Lipinski definition) is 7. The van der Waals surface area contributed by atoms with Crippen LogP contribution in [0.4, 0.5) is 18.3 Å². The summed E-state index contributed by atoms with van der Waals surface area (Å²) < 4.78 is 40.5. The molecule has 5 rings (SSSR count). The van der Waals surface area contributed by atoms with Gasteiger partial charge >= 0.3 is 11.0 Å². The highest BCUT2D eigenvalue weighted by molar-refractivity contribution is 7.16. The van der Waals surface area contributed by atoms with Gasteiger partial charge in [0.2, 0.25) is 5.91 Å². The molecule has 0 bridgehead atoms. The summed E-state index contributed by atoms with van der Waals surface area (Å²) in [7, 11) is 0. The quantitative estimate of drug-likeness (QED) is 0.327. The average molecular weight is 536 g/mol. The molecule has 1 amide bonds. The minimum Gasteiger partial charge on any atom is -0.300 e. The Morgan fingerprint density at radius 3 is 2.57 bits per heavy atom. The van der Waals surface area contributed by atoms with Gasteiger partial charge in [0, 0.05) is 17.5 Å². The van der Waals surface area contributed by atoms with Crippen molar-refractivity contribution in [2.45, 2.75) is 19.1 Å². The highest BCUT2D eigenvalue weighted by Crippen LogP contribution is 2.35. The fourth-order valence-corrected chi connectivity index (χ4v) is 5.34. The van der Waals surface area contributed by atoms with Crippen LogP contribution < -0.4 is 10.2 Å². The monoisotopic (exact) mass is 535 g/mol. The van der Waals surface area contributed by atoms with Gasteiger partial charge in [0.05, 0.1) is 21.6 Å². The first-order valence-corrected chi connectivity index (χ1v) is 12.0. The molecule has 2 aromatic carbocycles. The number of aromatic nitrogens is 4. The lowest BCUT2D eigenvalue weighted by Crippen LogP contribution is -2.24. The van der Waals surface area contributed by atoms with Crippen molar-refractivity contribution < 1.29 is 18.0 Å². The zero-order valence-corrected chi connectivity index (χ0v) is 19.9. The standard InChI is InChI=1S/C22H13ClF3N5O2S2/c23-14-6-5-11(8-13(14)22(24,25)26)7-12-9-27-20(34-12)30-17(32)10-31-18-19(35-21(31)33)29-16-4-2-1-3-15(16)28-18/h1-6,8-9H,7,10H2,(H,27,30,32). The summed E-state index contributed by atoms with van der Waals surface area (Å²) >= 11 is 7.70. The molecule has 7 nitrogen and oxygen atoms in total. The van der Waals surface area contributed by atoms with Crippen molar-refractivity contribution in [2.24, 2.45) is 0 Å². The van der Waals surface area contributed by atoms with Gasteiger partial charge in [0.1, 0.15) is 6.54 Å². The number of amides is 1. The lowest BCUT2D eigenvalue weighted by Gasteiger charge is -2.10. The fourth-order valence-electron chi connectivity index (χ4n) is 3.43. The van der Waals surface area contributed by atoms with E-state index in [0.717, 1.165) is 28.7 Å². The van der Waals surface area contributed by atoms with Crippen LogP contribution >= 0.6 is 34.3 Å². The van der Waals surface area contributed by atoms with Crippen LogP contribution in [0.1, 0.15) is 16.0 Å². The lowest BCUT2D eigenvalue weighted by molar-refractivity contribution is -0.137. The number of rotatable bonds is 5. The molecule has 13 heteroatoms. The van der Waals surface area contributed by atoms with Gasteiger partial charge in [-0.3, -0.25) is 14.2 Å². The van der Waals surface area contributed by atoms with Crippen LogP contribution in [0.15, 0.2) is 53.5 Å². The summed E-state index contributed by atoms with van der Waals surface area (Å²) in [6, 6.07) is 10.9. The Hall–Kier alpha value is -3.35. The van der Waals surface area contributed by atoms with Crippen LogP contribution in [-0.2, 0) is 23.9 Å². The fraction of sp³-hybridized carbons (Fsp3) is 0.136. The molecule has 0 unspecified atom stereocenters. The van der Waals surface area contributed by atoms with Gasteiger partial charge in [-0.2, -0.15) is 13.2 Å². The number of carbonyl (C=O) groups excluding carboxylic acids is 1. The Morgan fingerprint density at radius 2 is 1.83 bits per heavy atom. The molecule has 0 aliphatic carbocycles. The third kappa shape index (κ3) is 4.90. The largest absolute Gasteiger partial charge is 0.417 e. The number of carbonyl (C=O) groups is 1. The maximum Gasteiger partial charge on any atom is 0.417 e. The number of thiazole rings is 2. The predicted molar refractivity (Wildman–Crippen MR) is 129 cm³/mol. The van der Waals surface area contributed by atoms with Crippen LogP contribution in [0.3, 0.4) is 0 Å². The maximum absolute atomic E-state index is 13.1. The number of anilines is 1. The normalized spacial score (nSPS) is 11.9. The Bertz CT molecular complexity index is 1640. The summed E-state index contributed by atoms with van der Waals surface area (Å²) in [4.78, 5) is 38.8. The van der Waals surface area contributed by atoms with Crippen molar-refractivity contribution in [2.75, 3.05) is 5.32 Å². The van der Waals surface area contributed by atoms with Gasteiger partial charge in [-0.15, -0.1) is 11.3 Å². The highest BCUT2D eigenvalue weighted by atomic mass is 35.5. The molecular weight excluding hydrogens is 523 g/mol. The van der Waals surface area contributed by atoms with Gasteiger partial charge in [0.15, 0.2) is 15.6 Å². The van der Waals surface area contributed by atoms with Crippen molar-refractivity contribution in [3.05, 3.63) is 79.4 Å². The van der Waals surface area contributed by atoms with E-state index in [1.807, 2.05) is 6.07 Å². The van der Waals surface area contributed by atoms with Crippen molar-refractivity contribution in [3.63, 3.8) is 0 Å². The van der Waals surface area contributed by atoms with Crippen LogP contribution in [-0.4, -0.2) is 25.4 Å². The molecule has 0 aliphatic heterocycles. The second-order valence-corrected chi connectivity index (χ2v) is 9.93. The topological polar surface area (TPSA) is 89.8 Å². The van der Waals surface area contributed by atoms with E-state index in [2.05, 4.69) is 20.3 Å². The van der Waals surface area contributed by atoms with Gasteiger partial charge in [-0.1, -0.05) is 41.1 Å². The molecule has 0 saturated carbocycles. The van der Waals surface area contributed by atoms with Crippen LogP contribution in [0.5, 0.6) is 0 Å². The van der Waals surface area contributed by atoms with Crippen molar-refractivity contribution in [1.82, 2.24) is 19.5 Å². The van der Waals surface area contributed by atoms with Crippen LogP contribution in [0.25, 0.3) is 21.5 Å². The Kier molecular flexibility index (Phi) is 6.03. The maximum atomic E-state index is 13.1. The van der Waals surface area contributed by atoms with E-state index >= 15 is 0 Å². The summed E-state index contributed by atoms with van der Waals surface area (Å²) in [5.74, 6) is -0.492. The smallest absolute Gasteiger partial charge is 0.300 e. The van der Waals surface area contributed by atoms with E-state index in [9.17, 15) is 22.8 Å². The Labute approximate surface area is 207 Å². The van der Waals surface area contributed by atoms with Gasteiger partial charge in [-0.05, 0) is 29.8 Å². The molecule has 3 aromatic heterocycles. The minimum absolute atomic E-state index is 0.186. The predicted octanol–water partition coefficient (Wildman–Crippen LogP) is 5.36. The number of benzene rings is 2. The molecule has 0 radical (unpaired) electrons. The van der Waals surface area contributed by atoms with E-state index in [4.69, 9.17) is 11.6 Å². The molecule has 0 aliphatic rings. The third-order valence-corrected chi connectivity index (χ3v) is 7.10. The van der Waals surface area contributed by atoms with E-state index in [-0.39, 0.29) is 28.0 Å². The van der Waals surface area contributed by atoms with E-state index in [1.54, 1.807) is 18.2 Å². The molecule has 1 N–H and O–H groups in total. The second kappa shape index (κ2) is 9.02. The molecule has 0 saturated heterocycles. The number of fused-ring (bicyclic) bond motifs is 2. The van der Waals surface area contributed by atoms with Gasteiger partial charge < -0.3 is 5.32 Å². The first-order chi connectivity index (χ1) is 16.7. The van der Waals surface area contributed by atoms with Crippen LogP contribution in [0, 0.1) is 0 Å². The van der Waals surface area contributed by atoms with Gasteiger partial charge in [-0.25, -0.2) is 15.0 Å². The zero-order chi connectivity index (χ0) is 24.7. The highest BCUT2D eigenvalue weighted by Gasteiger charge is 2.33. The Morgan fingerprint density at radius 1 is 1.09 bits per heavy atom. The van der Waals surface area contributed by atoms with Crippen molar-refractivity contribution >= 4 is 66.8 Å². The average Bonchev–Trinajstić information content (AvgIpc) is 3.36. The lowest BCUT2D eigenvalue weighted by atomic mass is 10.1. The number of hydrogen-bond donors (Lipinski definition) is 1. The van der Waals surface area contributed by atoms with Crippen molar-refractivity contribution in [1.29, 1.82) is 0 Å². The molecule has 3 heterocycles. The summed E-state index contributed by atoms with van der Waals surface area (Å²) in [6.45, 7) is -0.285. The minimum atomic E-state index is -4.56. The summed E-state index contributed by atoms with van der Waals surface area (Å²) in [5.41, 5.74) is 1.07. The van der Waals surface area contributed by atoms with E-state index in [0.29, 0.717) is 32.0 Å². The molecular formula is C22H13ClF3N5O2S2. The van der Waals surface area contributed by atoms with Crippen LogP contribution in [0.2, 0.25) is 5.02 Å². The summed E-state index contributed by atoms with van der Waals surface area (Å²) in [6.07, 6.45) is -2.89. The zero-order valence-electron chi connectivity index (χ0n) is 17.5. The molecule has 0 atom stereocenters. The molecule has 5 aromatic rings.